The van der Waals surface area contributed by atoms with Gasteiger partial charge in [0.2, 0.25) is 0 Å². The monoisotopic (exact) mass is 383 g/mol. The smallest absolute Gasteiger partial charge is 0.163 e. The Bertz CT molecular complexity index is 842. The van der Waals surface area contributed by atoms with Gasteiger partial charge in [-0.15, -0.1) is 0 Å². The lowest BCUT2D eigenvalue weighted by Gasteiger charge is -2.31. The van der Waals surface area contributed by atoms with Gasteiger partial charge in [-0.05, 0) is 37.3 Å². The van der Waals surface area contributed by atoms with Crippen molar-refractivity contribution in [3.63, 3.8) is 0 Å². The Balaban J connectivity index is 1.53. The summed E-state index contributed by atoms with van der Waals surface area (Å²) in [6.45, 7) is 4.80. The number of hydrogen-bond donors (Lipinski definition) is 0. The minimum Gasteiger partial charge on any atom is -0.490 e. The number of morpholine rings is 1. The highest BCUT2D eigenvalue weighted by atomic mass is 35.5. The van der Waals surface area contributed by atoms with Gasteiger partial charge in [0.05, 0.1) is 18.7 Å². The molecule has 0 aliphatic carbocycles. The third-order valence-electron chi connectivity index (χ3n) is 4.28. The van der Waals surface area contributed by atoms with Gasteiger partial charge in [0, 0.05) is 23.7 Å². The molecule has 1 aliphatic rings. The third-order valence-corrected chi connectivity index (χ3v) is 4.51. The topological polar surface area (TPSA) is 38.8 Å². The number of rotatable bonds is 5. The van der Waals surface area contributed by atoms with Crippen LogP contribution >= 0.6 is 11.6 Å². The van der Waals surface area contributed by atoms with Gasteiger partial charge in [-0.2, -0.15) is 0 Å². The van der Waals surface area contributed by atoms with Crippen LogP contribution in [0.4, 0.5) is 0 Å². The van der Waals surface area contributed by atoms with E-state index in [0.29, 0.717) is 36.1 Å². The lowest BCUT2D eigenvalue weighted by atomic mass is 10.1. The molecular weight excluding hydrogens is 362 g/mol. The molecule has 1 saturated heterocycles. The molecule has 2 aromatic carbocycles. The molecule has 0 N–H and O–H groups in total. The number of ether oxygens (including phenoxy) is 2. The fraction of sp³-hybridized carbons (Fsp3) is 0.318. The summed E-state index contributed by atoms with van der Waals surface area (Å²) < 4.78 is 11.6. The summed E-state index contributed by atoms with van der Waals surface area (Å²) in [7, 11) is 0. The molecule has 0 aromatic heterocycles. The van der Waals surface area contributed by atoms with Crippen molar-refractivity contribution < 1.29 is 14.3 Å². The first kappa shape index (κ1) is 19.4. The number of carbonyl (C=O) groups excluding carboxylic acids is 1. The molecule has 1 heterocycles. The van der Waals surface area contributed by atoms with E-state index in [-0.39, 0.29) is 11.9 Å². The predicted molar refractivity (Wildman–Crippen MR) is 106 cm³/mol. The molecule has 4 nitrogen and oxygen atoms in total. The normalized spacial score (nSPS) is 17.0. The van der Waals surface area contributed by atoms with Crippen molar-refractivity contribution >= 4 is 17.4 Å². The Hall–Kier alpha value is -2.32. The molecule has 2 aromatic rings. The number of benzene rings is 2. The van der Waals surface area contributed by atoms with Gasteiger partial charge in [0.1, 0.15) is 18.5 Å². The van der Waals surface area contributed by atoms with Gasteiger partial charge < -0.3 is 9.47 Å². The van der Waals surface area contributed by atoms with Crippen LogP contribution in [0, 0.1) is 11.8 Å². The molecule has 1 atom stereocenters. The number of nitrogens with zero attached hydrogens (tertiary/aromatic N) is 1. The third kappa shape index (κ3) is 5.83. The molecule has 1 unspecified atom stereocenters. The van der Waals surface area contributed by atoms with Gasteiger partial charge in [0.15, 0.2) is 5.78 Å². The summed E-state index contributed by atoms with van der Waals surface area (Å²) in [6, 6.07) is 15.0. The zero-order valence-electron chi connectivity index (χ0n) is 15.3. The SMILES string of the molecule is CC(=O)c1cc(Cl)ccc1OCC1CN(CC#Cc2ccccc2)CCO1. The predicted octanol–water partition coefficient (Wildman–Crippen LogP) is 3.67. The van der Waals surface area contributed by atoms with Gasteiger partial charge in [-0.1, -0.05) is 41.6 Å². The lowest BCUT2D eigenvalue weighted by molar-refractivity contribution is -0.0441. The molecule has 0 amide bonds. The molecule has 0 spiro atoms. The second kappa shape index (κ2) is 9.57. The quantitative estimate of drug-likeness (QED) is 0.583. The van der Waals surface area contributed by atoms with Crippen LogP contribution in [-0.2, 0) is 4.74 Å². The first-order valence-electron chi connectivity index (χ1n) is 8.93. The molecule has 3 rings (SSSR count). The van der Waals surface area contributed by atoms with E-state index in [1.807, 2.05) is 30.3 Å². The van der Waals surface area contributed by atoms with Crippen molar-refractivity contribution in [1.29, 1.82) is 0 Å². The van der Waals surface area contributed by atoms with Crippen LogP contribution in [0.3, 0.4) is 0 Å². The Labute approximate surface area is 165 Å². The molecule has 0 radical (unpaired) electrons. The van der Waals surface area contributed by atoms with Crippen molar-refractivity contribution in [2.24, 2.45) is 0 Å². The second-order valence-corrected chi connectivity index (χ2v) is 6.84. The number of carbonyl (C=O) groups is 1. The van der Waals surface area contributed by atoms with E-state index in [1.165, 1.54) is 6.92 Å². The van der Waals surface area contributed by atoms with Crippen molar-refractivity contribution in [2.45, 2.75) is 13.0 Å². The molecule has 1 aliphatic heterocycles. The van der Waals surface area contributed by atoms with Crippen LogP contribution in [0.1, 0.15) is 22.8 Å². The van der Waals surface area contributed by atoms with E-state index < -0.39 is 0 Å². The summed E-state index contributed by atoms with van der Waals surface area (Å²) in [5.74, 6) is 6.86. The van der Waals surface area contributed by atoms with Crippen molar-refractivity contribution in [3.8, 4) is 17.6 Å². The zero-order chi connectivity index (χ0) is 19.1. The van der Waals surface area contributed by atoms with Crippen LogP contribution in [0.25, 0.3) is 0 Å². The summed E-state index contributed by atoms with van der Waals surface area (Å²) in [6.07, 6.45) is -0.0623. The average Bonchev–Trinajstić information content (AvgIpc) is 2.68. The van der Waals surface area contributed by atoms with E-state index in [0.717, 1.165) is 18.7 Å². The molecule has 0 saturated carbocycles. The van der Waals surface area contributed by atoms with Crippen molar-refractivity contribution in [1.82, 2.24) is 4.90 Å². The molecule has 140 valence electrons. The summed E-state index contributed by atoms with van der Waals surface area (Å²) in [5.41, 5.74) is 1.51. The van der Waals surface area contributed by atoms with Gasteiger partial charge in [0.25, 0.3) is 0 Å². The highest BCUT2D eigenvalue weighted by Gasteiger charge is 2.21. The summed E-state index contributed by atoms with van der Waals surface area (Å²) in [5, 5.41) is 0.518. The van der Waals surface area contributed by atoms with Crippen LogP contribution in [0.15, 0.2) is 48.5 Å². The molecule has 5 heteroatoms. The number of ketones is 1. The van der Waals surface area contributed by atoms with Crippen LogP contribution in [0.2, 0.25) is 5.02 Å². The number of hydrogen-bond acceptors (Lipinski definition) is 4. The molecule has 0 bridgehead atoms. The van der Waals surface area contributed by atoms with Crippen LogP contribution in [0.5, 0.6) is 5.75 Å². The Morgan fingerprint density at radius 1 is 1.30 bits per heavy atom. The molecular formula is C22H22ClNO3. The maximum Gasteiger partial charge on any atom is 0.163 e. The van der Waals surface area contributed by atoms with Gasteiger partial charge in [-0.25, -0.2) is 0 Å². The van der Waals surface area contributed by atoms with E-state index >= 15 is 0 Å². The van der Waals surface area contributed by atoms with Crippen molar-refractivity contribution in [3.05, 3.63) is 64.7 Å². The Kier molecular flexibility index (Phi) is 6.89. The van der Waals surface area contributed by atoms with Crippen LogP contribution < -0.4 is 4.74 Å². The zero-order valence-corrected chi connectivity index (χ0v) is 16.0. The average molecular weight is 384 g/mol. The number of halogens is 1. The lowest BCUT2D eigenvalue weighted by Crippen LogP contribution is -2.45. The fourth-order valence-corrected chi connectivity index (χ4v) is 3.06. The minimum absolute atomic E-state index is 0.0623. The summed E-state index contributed by atoms with van der Waals surface area (Å²) in [4.78, 5) is 14.0. The Morgan fingerprint density at radius 3 is 2.89 bits per heavy atom. The van der Waals surface area contributed by atoms with E-state index in [4.69, 9.17) is 21.1 Å². The van der Waals surface area contributed by atoms with Gasteiger partial charge >= 0.3 is 0 Å². The van der Waals surface area contributed by atoms with Crippen molar-refractivity contribution in [2.75, 3.05) is 32.8 Å². The maximum atomic E-state index is 11.8. The van der Waals surface area contributed by atoms with Crippen LogP contribution in [-0.4, -0.2) is 49.6 Å². The maximum absolute atomic E-state index is 11.8. The van der Waals surface area contributed by atoms with E-state index in [9.17, 15) is 4.79 Å². The standard InChI is InChI=1S/C22H22ClNO3/c1-17(25)21-14-19(23)9-10-22(21)27-16-20-15-24(12-13-26-20)11-5-8-18-6-3-2-4-7-18/h2-4,6-7,9-10,14,20H,11-13,15-16H2,1H3. The Morgan fingerprint density at radius 2 is 2.11 bits per heavy atom. The van der Waals surface area contributed by atoms with E-state index in [2.05, 4.69) is 16.7 Å². The van der Waals surface area contributed by atoms with E-state index in [1.54, 1.807) is 18.2 Å². The first-order chi connectivity index (χ1) is 13.1. The highest BCUT2D eigenvalue weighted by molar-refractivity contribution is 6.31. The largest absolute Gasteiger partial charge is 0.490 e. The highest BCUT2D eigenvalue weighted by Crippen LogP contribution is 2.24. The number of Topliss-reactive ketones (excluding diaryl/α,β-unsaturated/α-hetero) is 1. The first-order valence-corrected chi connectivity index (χ1v) is 9.31. The van der Waals surface area contributed by atoms with Gasteiger partial charge in [-0.3, -0.25) is 9.69 Å². The molecule has 27 heavy (non-hydrogen) atoms. The fourth-order valence-electron chi connectivity index (χ4n) is 2.89. The summed E-state index contributed by atoms with van der Waals surface area (Å²) >= 11 is 5.97. The second-order valence-electron chi connectivity index (χ2n) is 6.40. The molecule has 1 fully saturated rings. The minimum atomic E-state index is -0.0742.